The molecule has 29 heavy (non-hydrogen) atoms. The second kappa shape index (κ2) is 10.5. The van der Waals surface area contributed by atoms with Gasteiger partial charge in [-0.3, -0.25) is 4.79 Å². The van der Waals surface area contributed by atoms with E-state index < -0.39 is 5.91 Å². The molecule has 0 radical (unpaired) electrons. The van der Waals surface area contributed by atoms with E-state index in [1.807, 2.05) is 54.6 Å². The molecule has 7 heteroatoms. The van der Waals surface area contributed by atoms with Gasteiger partial charge in [0.2, 0.25) is 0 Å². The monoisotopic (exact) mass is 428 g/mol. The zero-order chi connectivity index (χ0) is 20.5. The Morgan fingerprint density at radius 1 is 0.966 bits per heavy atom. The van der Waals surface area contributed by atoms with Crippen LogP contribution in [0.5, 0.6) is 11.5 Å². The summed E-state index contributed by atoms with van der Waals surface area (Å²) in [6, 6.07) is 22.1. The van der Waals surface area contributed by atoms with Crippen molar-refractivity contribution in [2.45, 2.75) is 6.61 Å². The highest BCUT2D eigenvalue weighted by Gasteiger charge is 2.06. The van der Waals surface area contributed by atoms with Gasteiger partial charge in [0, 0.05) is 5.02 Å². The first-order chi connectivity index (χ1) is 14.1. The highest BCUT2D eigenvalue weighted by atomic mass is 35.5. The van der Waals surface area contributed by atoms with E-state index in [0.29, 0.717) is 28.2 Å². The van der Waals surface area contributed by atoms with Crippen LogP contribution in [0.2, 0.25) is 10.0 Å². The maximum absolute atomic E-state index is 11.9. The Morgan fingerprint density at radius 2 is 1.79 bits per heavy atom. The maximum Gasteiger partial charge on any atom is 0.277 e. The molecule has 0 saturated heterocycles. The molecule has 148 valence electrons. The molecule has 0 saturated carbocycles. The van der Waals surface area contributed by atoms with E-state index >= 15 is 0 Å². The molecule has 5 nitrogen and oxygen atoms in total. The Balaban J connectivity index is 1.47. The standard InChI is InChI=1S/C22H18Cl2N2O3/c23-18-9-10-21(20(24)12-18)29-15-22(27)26-25-13-17-7-4-8-19(11-17)28-14-16-5-2-1-3-6-16/h1-13H,14-15H2,(H,26,27). The molecule has 0 aliphatic heterocycles. The van der Waals surface area contributed by atoms with Gasteiger partial charge in [-0.2, -0.15) is 5.10 Å². The van der Waals surface area contributed by atoms with Crippen molar-refractivity contribution >= 4 is 35.3 Å². The lowest BCUT2D eigenvalue weighted by molar-refractivity contribution is -0.123. The van der Waals surface area contributed by atoms with Crippen LogP contribution < -0.4 is 14.9 Å². The largest absolute Gasteiger partial charge is 0.489 e. The van der Waals surface area contributed by atoms with Gasteiger partial charge in [-0.15, -0.1) is 0 Å². The van der Waals surface area contributed by atoms with Crippen molar-refractivity contribution in [2.75, 3.05) is 6.61 Å². The number of hydrazone groups is 1. The third-order valence-corrected chi connectivity index (χ3v) is 4.29. The zero-order valence-electron chi connectivity index (χ0n) is 15.3. The summed E-state index contributed by atoms with van der Waals surface area (Å²) in [6.45, 7) is 0.252. The zero-order valence-corrected chi connectivity index (χ0v) is 16.9. The first-order valence-electron chi connectivity index (χ1n) is 8.77. The first-order valence-corrected chi connectivity index (χ1v) is 9.52. The van der Waals surface area contributed by atoms with Crippen molar-refractivity contribution in [2.24, 2.45) is 5.10 Å². The highest BCUT2D eigenvalue weighted by Crippen LogP contribution is 2.27. The fourth-order valence-corrected chi connectivity index (χ4v) is 2.84. The summed E-state index contributed by atoms with van der Waals surface area (Å²) in [6.07, 6.45) is 1.53. The van der Waals surface area contributed by atoms with Crippen molar-refractivity contribution in [3.63, 3.8) is 0 Å². The number of carbonyl (C=O) groups excluding carboxylic acids is 1. The van der Waals surface area contributed by atoms with Crippen LogP contribution in [0.4, 0.5) is 0 Å². The van der Waals surface area contributed by atoms with Gasteiger partial charge in [-0.1, -0.05) is 65.7 Å². The van der Waals surface area contributed by atoms with Crippen LogP contribution in [0.25, 0.3) is 0 Å². The average molecular weight is 429 g/mol. The predicted octanol–water partition coefficient (Wildman–Crippen LogP) is 5.10. The number of rotatable bonds is 8. The molecule has 3 rings (SSSR count). The first kappa shape index (κ1) is 20.7. The molecular formula is C22H18Cl2N2O3. The molecule has 0 heterocycles. The second-order valence-corrected chi connectivity index (χ2v) is 6.85. The average Bonchev–Trinajstić information content (AvgIpc) is 2.73. The van der Waals surface area contributed by atoms with Crippen molar-refractivity contribution in [1.29, 1.82) is 0 Å². The van der Waals surface area contributed by atoms with Gasteiger partial charge in [-0.25, -0.2) is 5.43 Å². The summed E-state index contributed by atoms with van der Waals surface area (Å²) in [5, 5.41) is 4.76. The van der Waals surface area contributed by atoms with Gasteiger partial charge in [0.1, 0.15) is 18.1 Å². The van der Waals surface area contributed by atoms with E-state index in [4.69, 9.17) is 32.7 Å². The van der Waals surface area contributed by atoms with E-state index in [0.717, 1.165) is 11.1 Å². The predicted molar refractivity (Wildman–Crippen MR) is 115 cm³/mol. The smallest absolute Gasteiger partial charge is 0.277 e. The third-order valence-electron chi connectivity index (χ3n) is 3.76. The molecule has 0 bridgehead atoms. The summed E-state index contributed by atoms with van der Waals surface area (Å²) in [7, 11) is 0. The van der Waals surface area contributed by atoms with E-state index in [2.05, 4.69) is 10.5 Å². The number of hydrogen-bond acceptors (Lipinski definition) is 4. The van der Waals surface area contributed by atoms with Crippen LogP contribution in [0.1, 0.15) is 11.1 Å². The number of ether oxygens (including phenoxy) is 2. The SMILES string of the molecule is O=C(COc1ccc(Cl)cc1Cl)NN=Cc1cccc(OCc2ccccc2)c1. The van der Waals surface area contributed by atoms with E-state index in [9.17, 15) is 4.79 Å². The minimum Gasteiger partial charge on any atom is -0.489 e. The Bertz CT molecular complexity index is 994. The topological polar surface area (TPSA) is 59.9 Å². The number of carbonyl (C=O) groups is 1. The molecule has 0 aromatic heterocycles. The third kappa shape index (κ3) is 6.82. The molecule has 1 N–H and O–H groups in total. The Hall–Kier alpha value is -3.02. The van der Waals surface area contributed by atoms with Crippen LogP contribution in [0.3, 0.4) is 0 Å². The normalized spacial score (nSPS) is 10.7. The van der Waals surface area contributed by atoms with Gasteiger partial charge in [-0.05, 0) is 41.5 Å². The lowest BCUT2D eigenvalue weighted by Crippen LogP contribution is -2.24. The quantitative estimate of drug-likeness (QED) is 0.400. The number of halogens is 2. The van der Waals surface area contributed by atoms with Crippen molar-refractivity contribution in [3.8, 4) is 11.5 Å². The Morgan fingerprint density at radius 3 is 2.59 bits per heavy atom. The Labute approximate surface area is 178 Å². The lowest BCUT2D eigenvalue weighted by Gasteiger charge is -2.07. The number of hydrogen-bond donors (Lipinski definition) is 1. The van der Waals surface area contributed by atoms with Crippen LogP contribution in [0, 0.1) is 0 Å². The van der Waals surface area contributed by atoms with Gasteiger partial charge in [0.25, 0.3) is 5.91 Å². The lowest BCUT2D eigenvalue weighted by atomic mass is 10.2. The van der Waals surface area contributed by atoms with Crippen molar-refractivity contribution in [1.82, 2.24) is 5.43 Å². The summed E-state index contributed by atoms with van der Waals surface area (Å²) in [4.78, 5) is 11.9. The minimum atomic E-state index is -0.413. The summed E-state index contributed by atoms with van der Waals surface area (Å²) in [5.74, 6) is 0.673. The van der Waals surface area contributed by atoms with Crippen molar-refractivity contribution < 1.29 is 14.3 Å². The summed E-state index contributed by atoms with van der Waals surface area (Å²) in [5.41, 5.74) is 4.28. The molecule has 0 spiro atoms. The van der Waals surface area contributed by atoms with Crippen LogP contribution in [0.15, 0.2) is 77.9 Å². The fourth-order valence-electron chi connectivity index (χ4n) is 2.37. The maximum atomic E-state index is 11.9. The molecule has 1 amide bonds. The number of benzene rings is 3. The van der Waals surface area contributed by atoms with E-state index in [1.165, 1.54) is 6.21 Å². The molecule has 3 aromatic rings. The molecule has 0 aliphatic rings. The van der Waals surface area contributed by atoms with Crippen LogP contribution in [-0.4, -0.2) is 18.7 Å². The highest BCUT2D eigenvalue weighted by molar-refractivity contribution is 6.35. The molecule has 0 unspecified atom stereocenters. The second-order valence-electron chi connectivity index (χ2n) is 6.00. The van der Waals surface area contributed by atoms with Gasteiger partial charge < -0.3 is 9.47 Å². The number of nitrogens with one attached hydrogen (secondary N) is 1. The summed E-state index contributed by atoms with van der Waals surface area (Å²) >= 11 is 11.8. The number of nitrogens with zero attached hydrogens (tertiary/aromatic N) is 1. The number of amides is 1. The minimum absolute atomic E-state index is 0.223. The molecule has 0 aliphatic carbocycles. The Kier molecular flexibility index (Phi) is 7.50. The fraction of sp³-hybridized carbons (Fsp3) is 0.0909. The van der Waals surface area contributed by atoms with Crippen molar-refractivity contribution in [3.05, 3.63) is 94.0 Å². The van der Waals surface area contributed by atoms with Gasteiger partial charge in [0.05, 0.1) is 11.2 Å². The molecule has 0 fully saturated rings. The van der Waals surface area contributed by atoms with Gasteiger partial charge >= 0.3 is 0 Å². The summed E-state index contributed by atoms with van der Waals surface area (Å²) < 4.78 is 11.1. The van der Waals surface area contributed by atoms with Crippen LogP contribution in [-0.2, 0) is 11.4 Å². The van der Waals surface area contributed by atoms with E-state index in [1.54, 1.807) is 18.2 Å². The van der Waals surface area contributed by atoms with Gasteiger partial charge in [0.15, 0.2) is 6.61 Å². The van der Waals surface area contributed by atoms with E-state index in [-0.39, 0.29) is 6.61 Å². The van der Waals surface area contributed by atoms with Crippen LogP contribution >= 0.6 is 23.2 Å². The molecular weight excluding hydrogens is 411 g/mol. The molecule has 3 aromatic carbocycles. The molecule has 0 atom stereocenters.